The highest BCUT2D eigenvalue weighted by Crippen LogP contribution is 2.61. The number of aryl methyl sites for hydroxylation is 2. The van der Waals surface area contributed by atoms with Crippen molar-refractivity contribution in [3.05, 3.63) is 53.6 Å². The number of esters is 1. The first-order valence-electron chi connectivity index (χ1n) is 12.8. The average Bonchev–Trinajstić information content (AvgIpc) is 3.26. The molecule has 36 heavy (non-hydrogen) atoms. The molecule has 2 amide bonds. The minimum Gasteiger partial charge on any atom is -0.465 e. The van der Waals surface area contributed by atoms with E-state index in [1.54, 1.807) is 9.80 Å². The number of hydrogen-bond acceptors (Lipinski definition) is 6. The molecule has 4 aliphatic rings. The Bertz CT molecular complexity index is 1110. The number of carbonyl (C=O) groups excluding carboxylic acids is 3. The number of rotatable bonds is 4. The fourth-order valence-corrected chi connectivity index (χ4v) is 8.42. The minimum absolute atomic E-state index is 0.170. The van der Waals surface area contributed by atoms with Gasteiger partial charge in [0.05, 0.1) is 35.8 Å². The van der Waals surface area contributed by atoms with Gasteiger partial charge in [0.25, 0.3) is 5.91 Å². The van der Waals surface area contributed by atoms with Gasteiger partial charge in [-0.25, -0.2) is 0 Å². The summed E-state index contributed by atoms with van der Waals surface area (Å²) >= 11 is 1.53. The van der Waals surface area contributed by atoms with Crippen LogP contribution in [-0.2, 0) is 19.1 Å². The summed E-state index contributed by atoms with van der Waals surface area (Å²) in [5.74, 6) is -2.19. The molecule has 0 bridgehead atoms. The molecule has 1 spiro atoms. The van der Waals surface area contributed by atoms with E-state index >= 15 is 0 Å². The molecule has 2 fully saturated rings. The van der Waals surface area contributed by atoms with E-state index in [0.29, 0.717) is 19.6 Å². The molecule has 5 rings (SSSR count). The second-order valence-electron chi connectivity index (χ2n) is 10.2. The van der Waals surface area contributed by atoms with Crippen LogP contribution in [0.1, 0.15) is 37.3 Å². The van der Waals surface area contributed by atoms with Crippen molar-refractivity contribution in [1.82, 2.24) is 4.90 Å². The second kappa shape index (κ2) is 9.71. The molecule has 0 radical (unpaired) electrons. The number of likely N-dealkylation sites (tertiary alicyclic amines) is 1. The van der Waals surface area contributed by atoms with E-state index in [0.717, 1.165) is 29.7 Å². The third-order valence-corrected chi connectivity index (χ3v) is 9.82. The van der Waals surface area contributed by atoms with Gasteiger partial charge in [-0.3, -0.25) is 14.4 Å². The predicted octanol–water partition coefficient (Wildman–Crippen LogP) is 3.17. The molecule has 1 unspecified atom stereocenters. The standard InChI is InChI=1S/C28H34N2O5S/c1-4-19(16-31)30-24-26(33)29(23-17(2)10-8-11-18(23)3)14-9-13-28(24)22(25(30)32)21-20(36-28)12-6-5-7-15-35-27(21)34/h6,8-13,19-22,24,31H,4-5,7,14-16H2,1-3H3/b12-6-/t19-,20+,21-,22-,24?,28-/m0/s1. The quantitative estimate of drug-likeness (QED) is 0.495. The number of aliphatic hydroxyl groups is 1. The number of thioether (sulfide) groups is 1. The van der Waals surface area contributed by atoms with E-state index < -0.39 is 28.7 Å². The second-order valence-corrected chi connectivity index (χ2v) is 11.6. The first-order valence-corrected chi connectivity index (χ1v) is 13.7. The molecular formula is C28H34N2O5S. The summed E-state index contributed by atoms with van der Waals surface area (Å²) in [5.41, 5.74) is 2.82. The predicted molar refractivity (Wildman–Crippen MR) is 140 cm³/mol. The Morgan fingerprint density at radius 1 is 1.17 bits per heavy atom. The third-order valence-electron chi connectivity index (χ3n) is 8.07. The van der Waals surface area contributed by atoms with Crippen molar-refractivity contribution in [1.29, 1.82) is 0 Å². The van der Waals surface area contributed by atoms with Gasteiger partial charge in [0.1, 0.15) is 6.04 Å². The van der Waals surface area contributed by atoms with Gasteiger partial charge in [0.15, 0.2) is 0 Å². The number of benzene rings is 1. The molecule has 0 aliphatic carbocycles. The fraction of sp³-hybridized carbons (Fsp3) is 0.536. The number of anilines is 1. The number of hydrogen-bond donors (Lipinski definition) is 1. The minimum atomic E-state index is -0.917. The lowest BCUT2D eigenvalue weighted by atomic mass is 9.78. The lowest BCUT2D eigenvalue weighted by Crippen LogP contribution is -2.56. The van der Waals surface area contributed by atoms with Crippen LogP contribution in [-0.4, -0.2) is 69.6 Å². The number of aliphatic hydroxyl groups excluding tert-OH is 1. The molecule has 7 nitrogen and oxygen atoms in total. The maximum Gasteiger partial charge on any atom is 0.311 e. The van der Waals surface area contributed by atoms with Crippen LogP contribution in [0, 0.1) is 25.7 Å². The molecule has 1 aromatic rings. The zero-order chi connectivity index (χ0) is 25.6. The van der Waals surface area contributed by atoms with Crippen LogP contribution in [0.25, 0.3) is 0 Å². The number of carbonyl (C=O) groups is 3. The van der Waals surface area contributed by atoms with Crippen molar-refractivity contribution in [2.24, 2.45) is 11.8 Å². The number of amides is 2. The molecule has 2 saturated heterocycles. The van der Waals surface area contributed by atoms with Gasteiger partial charge in [0, 0.05) is 17.5 Å². The van der Waals surface area contributed by atoms with E-state index in [9.17, 15) is 19.5 Å². The highest BCUT2D eigenvalue weighted by molar-refractivity contribution is 8.02. The van der Waals surface area contributed by atoms with Crippen LogP contribution in [0.4, 0.5) is 5.69 Å². The third kappa shape index (κ3) is 3.72. The summed E-state index contributed by atoms with van der Waals surface area (Å²) in [6.45, 7) is 6.33. The van der Waals surface area contributed by atoms with Crippen molar-refractivity contribution < 1.29 is 24.2 Å². The maximum absolute atomic E-state index is 14.5. The molecule has 6 atom stereocenters. The van der Waals surface area contributed by atoms with E-state index in [4.69, 9.17) is 4.74 Å². The molecular weight excluding hydrogens is 476 g/mol. The summed E-state index contributed by atoms with van der Waals surface area (Å²) in [5, 5.41) is 9.98. The topological polar surface area (TPSA) is 87.2 Å². The largest absolute Gasteiger partial charge is 0.465 e. The van der Waals surface area contributed by atoms with Gasteiger partial charge >= 0.3 is 5.97 Å². The van der Waals surface area contributed by atoms with Crippen LogP contribution in [0.5, 0.6) is 0 Å². The average molecular weight is 511 g/mol. The summed E-state index contributed by atoms with van der Waals surface area (Å²) in [6.07, 6.45) is 10.1. The Morgan fingerprint density at radius 3 is 2.61 bits per heavy atom. The number of allylic oxidation sites excluding steroid dienone is 1. The first-order chi connectivity index (χ1) is 17.4. The van der Waals surface area contributed by atoms with Gasteiger partial charge in [0.2, 0.25) is 5.91 Å². The van der Waals surface area contributed by atoms with E-state index in [1.165, 1.54) is 11.8 Å². The lowest BCUT2D eigenvalue weighted by molar-refractivity contribution is -0.153. The molecule has 4 heterocycles. The SMILES string of the molecule is CC[C@@H](CO)N1C(=O)[C@@H]2[C@H]3C(=O)OCCC/C=C\[C@H]3S[C@@]23C=CCN(c2c(C)cccc2C)C(=O)C13. The van der Waals surface area contributed by atoms with Crippen LogP contribution in [0.3, 0.4) is 0 Å². The summed E-state index contributed by atoms with van der Waals surface area (Å²) in [4.78, 5) is 45.4. The van der Waals surface area contributed by atoms with Gasteiger partial charge in [-0.1, -0.05) is 49.4 Å². The molecule has 0 saturated carbocycles. The fourth-order valence-electron chi connectivity index (χ4n) is 6.43. The van der Waals surface area contributed by atoms with Crippen molar-refractivity contribution in [3.8, 4) is 0 Å². The van der Waals surface area contributed by atoms with Gasteiger partial charge in [-0.05, 0) is 44.2 Å². The monoisotopic (exact) mass is 510 g/mol. The molecule has 1 N–H and O–H groups in total. The van der Waals surface area contributed by atoms with E-state index in [-0.39, 0.29) is 29.6 Å². The number of cyclic esters (lactones) is 1. The smallest absolute Gasteiger partial charge is 0.311 e. The maximum atomic E-state index is 14.5. The van der Waals surface area contributed by atoms with Gasteiger partial charge in [-0.2, -0.15) is 0 Å². The van der Waals surface area contributed by atoms with Gasteiger partial charge in [-0.15, -0.1) is 11.8 Å². The zero-order valence-electron chi connectivity index (χ0n) is 21.1. The van der Waals surface area contributed by atoms with E-state index in [1.807, 2.05) is 57.2 Å². The number of nitrogens with zero attached hydrogens (tertiary/aromatic N) is 2. The van der Waals surface area contributed by atoms with Crippen LogP contribution in [0.15, 0.2) is 42.5 Å². The molecule has 192 valence electrons. The number of ether oxygens (including phenoxy) is 1. The Labute approximate surface area is 216 Å². The molecule has 0 aromatic heterocycles. The Kier molecular flexibility index (Phi) is 6.76. The first kappa shape index (κ1) is 25.1. The van der Waals surface area contributed by atoms with Gasteiger partial charge < -0.3 is 19.6 Å². The Hall–Kier alpha value is -2.58. The van der Waals surface area contributed by atoms with Crippen molar-refractivity contribution in [3.63, 3.8) is 0 Å². The van der Waals surface area contributed by atoms with Crippen molar-refractivity contribution in [2.45, 2.75) is 62.1 Å². The van der Waals surface area contributed by atoms with Crippen LogP contribution in [0.2, 0.25) is 0 Å². The van der Waals surface area contributed by atoms with Crippen LogP contribution < -0.4 is 4.90 Å². The molecule has 8 heteroatoms. The summed E-state index contributed by atoms with van der Waals surface area (Å²) in [6, 6.07) is 4.60. The highest BCUT2D eigenvalue weighted by atomic mass is 32.2. The van der Waals surface area contributed by atoms with Crippen molar-refractivity contribution in [2.75, 3.05) is 24.7 Å². The van der Waals surface area contributed by atoms with Crippen molar-refractivity contribution >= 4 is 35.2 Å². The Balaban J connectivity index is 1.67. The highest BCUT2D eigenvalue weighted by Gasteiger charge is 2.71. The lowest BCUT2D eigenvalue weighted by Gasteiger charge is -2.38. The zero-order valence-corrected chi connectivity index (χ0v) is 21.9. The normalized spacial score (nSPS) is 33.6. The molecule has 1 aromatic carbocycles. The van der Waals surface area contributed by atoms with E-state index in [2.05, 4.69) is 6.08 Å². The van der Waals surface area contributed by atoms with Crippen LogP contribution >= 0.6 is 11.8 Å². The summed E-state index contributed by atoms with van der Waals surface area (Å²) < 4.78 is 4.69. The Morgan fingerprint density at radius 2 is 1.92 bits per heavy atom. The molecule has 4 aliphatic heterocycles. The summed E-state index contributed by atoms with van der Waals surface area (Å²) in [7, 11) is 0. The number of para-hydroxylation sites is 1. The number of fused-ring (bicyclic) bond motifs is 2.